The molecule has 0 unspecified atom stereocenters. The van der Waals surface area contributed by atoms with E-state index < -0.39 is 11.6 Å². The molecular formula is C52H52N8O2. The van der Waals surface area contributed by atoms with Gasteiger partial charge in [0.2, 0.25) is 5.91 Å². The average Bonchev–Trinajstić information content (AvgIpc) is 4.12. The zero-order valence-electron chi connectivity index (χ0n) is 35.7. The number of likely N-dealkylation sites (N-methyl/N-ethyl adjacent to an activating group) is 2. The third kappa shape index (κ3) is 7.07. The topological polar surface area (TPSA) is 113 Å². The Hall–Kier alpha value is -6.46. The molecule has 0 aliphatic carbocycles. The van der Waals surface area contributed by atoms with Crippen LogP contribution >= 0.6 is 0 Å². The van der Waals surface area contributed by atoms with Crippen molar-refractivity contribution >= 4 is 44.5 Å². The summed E-state index contributed by atoms with van der Waals surface area (Å²) in [4.78, 5) is 51.9. The van der Waals surface area contributed by atoms with Crippen LogP contribution in [0.25, 0.3) is 55.1 Å². The first-order chi connectivity index (χ1) is 30.2. The van der Waals surface area contributed by atoms with Crippen LogP contribution in [0.15, 0.2) is 133 Å². The maximum Gasteiger partial charge on any atom is 0.245 e. The Morgan fingerprint density at radius 2 is 1.19 bits per heavy atom. The third-order valence-electron chi connectivity index (χ3n) is 13.1. The van der Waals surface area contributed by atoms with E-state index in [0.29, 0.717) is 18.8 Å². The highest BCUT2D eigenvalue weighted by Gasteiger charge is 2.49. The second-order valence-corrected chi connectivity index (χ2v) is 17.5. The predicted octanol–water partition coefficient (Wildman–Crippen LogP) is 9.34. The summed E-state index contributed by atoms with van der Waals surface area (Å²) >= 11 is 0. The quantitative estimate of drug-likeness (QED) is 0.119. The number of rotatable bonds is 11. The molecule has 0 spiro atoms. The van der Waals surface area contributed by atoms with Gasteiger partial charge < -0.3 is 14.9 Å². The van der Waals surface area contributed by atoms with E-state index in [1.165, 1.54) is 0 Å². The van der Waals surface area contributed by atoms with Crippen LogP contribution in [0, 0.1) is 0 Å². The highest BCUT2D eigenvalue weighted by molar-refractivity contribution is 5.96. The van der Waals surface area contributed by atoms with Crippen LogP contribution in [0.4, 0.5) is 0 Å². The van der Waals surface area contributed by atoms with E-state index in [-0.39, 0.29) is 23.8 Å². The zero-order valence-corrected chi connectivity index (χ0v) is 35.7. The molecule has 62 heavy (non-hydrogen) atoms. The molecule has 10 rings (SSSR count). The number of aromatic nitrogens is 4. The number of carbonyl (C=O) groups is 2. The summed E-state index contributed by atoms with van der Waals surface area (Å²) in [6.45, 7) is 1.48. The van der Waals surface area contributed by atoms with Crippen molar-refractivity contribution in [3.05, 3.63) is 156 Å². The molecule has 2 aliphatic heterocycles. The molecule has 0 radical (unpaired) electrons. The number of Topliss-reactive ketones (excluding diaryl/α,β-unsaturated/α-hetero) is 1. The van der Waals surface area contributed by atoms with Crippen molar-refractivity contribution in [2.45, 2.75) is 49.3 Å². The number of ketones is 1. The molecule has 2 saturated heterocycles. The van der Waals surface area contributed by atoms with Gasteiger partial charge in [0.25, 0.3) is 0 Å². The van der Waals surface area contributed by atoms with E-state index in [1.54, 1.807) is 0 Å². The second kappa shape index (κ2) is 16.1. The first-order valence-electron chi connectivity index (χ1n) is 21.7. The predicted molar refractivity (Wildman–Crippen MR) is 247 cm³/mol. The number of nitrogens with one attached hydrogen (secondary N) is 3. The largest absolute Gasteiger partial charge is 0.340 e. The minimum Gasteiger partial charge on any atom is -0.340 e. The number of hydrogen-bond acceptors (Lipinski definition) is 7. The van der Waals surface area contributed by atoms with Crippen LogP contribution < -0.4 is 5.32 Å². The van der Waals surface area contributed by atoms with Gasteiger partial charge in [0.1, 0.15) is 23.2 Å². The van der Waals surface area contributed by atoms with Crippen LogP contribution in [0.1, 0.15) is 66.6 Å². The van der Waals surface area contributed by atoms with Crippen LogP contribution in [-0.2, 0) is 15.1 Å². The van der Waals surface area contributed by atoms with E-state index in [0.717, 1.165) is 97.9 Å². The Morgan fingerprint density at radius 1 is 0.645 bits per heavy atom. The van der Waals surface area contributed by atoms with Crippen molar-refractivity contribution in [3.8, 4) is 22.3 Å². The van der Waals surface area contributed by atoms with E-state index in [4.69, 9.17) is 9.97 Å². The molecule has 2 aliphatic rings. The van der Waals surface area contributed by atoms with Gasteiger partial charge in [-0.3, -0.25) is 24.7 Å². The first kappa shape index (κ1) is 39.7. The Bertz CT molecular complexity index is 2930. The summed E-state index contributed by atoms with van der Waals surface area (Å²) in [5, 5.41) is 5.88. The van der Waals surface area contributed by atoms with Crippen molar-refractivity contribution in [3.63, 3.8) is 0 Å². The summed E-state index contributed by atoms with van der Waals surface area (Å²) in [6.07, 6.45) is 3.41. The summed E-state index contributed by atoms with van der Waals surface area (Å²) in [6, 6.07) is 45.1. The third-order valence-corrected chi connectivity index (χ3v) is 13.1. The van der Waals surface area contributed by atoms with Gasteiger partial charge in [-0.15, -0.1) is 0 Å². The maximum absolute atomic E-state index is 14.5. The van der Waals surface area contributed by atoms with Crippen LogP contribution in [0.2, 0.25) is 0 Å². The molecule has 2 fully saturated rings. The van der Waals surface area contributed by atoms with Crippen molar-refractivity contribution in [2.75, 3.05) is 41.3 Å². The fourth-order valence-corrected chi connectivity index (χ4v) is 9.96. The van der Waals surface area contributed by atoms with Gasteiger partial charge >= 0.3 is 0 Å². The molecule has 0 bridgehead atoms. The molecular weight excluding hydrogens is 769 g/mol. The van der Waals surface area contributed by atoms with Gasteiger partial charge in [-0.05, 0) is 141 Å². The van der Waals surface area contributed by atoms with Gasteiger partial charge in [0.05, 0.1) is 34.2 Å². The lowest BCUT2D eigenvalue weighted by molar-refractivity contribution is -0.137. The summed E-state index contributed by atoms with van der Waals surface area (Å²) in [7, 11) is 7.86. The minimum atomic E-state index is -0.898. The van der Waals surface area contributed by atoms with Crippen LogP contribution in [-0.4, -0.2) is 87.6 Å². The number of benzene rings is 6. The van der Waals surface area contributed by atoms with Crippen molar-refractivity contribution < 1.29 is 9.59 Å². The normalized spacial score (nSPS) is 19.0. The zero-order chi connectivity index (χ0) is 42.5. The summed E-state index contributed by atoms with van der Waals surface area (Å²) < 4.78 is 0. The lowest BCUT2D eigenvalue weighted by Gasteiger charge is -2.33. The van der Waals surface area contributed by atoms with Gasteiger partial charge in [0.15, 0.2) is 5.78 Å². The Balaban J connectivity index is 0.894. The number of H-pyrrole nitrogens is 2. The number of carbonyl (C=O) groups excluding carboxylic acids is 2. The number of aromatic amines is 2. The molecule has 0 saturated carbocycles. The van der Waals surface area contributed by atoms with E-state index in [1.807, 2.05) is 104 Å². The average molecular weight is 821 g/mol. The Kier molecular flexibility index (Phi) is 10.3. The number of nitrogens with zero attached hydrogens (tertiary/aromatic N) is 5. The smallest absolute Gasteiger partial charge is 0.245 e. The lowest BCUT2D eigenvalue weighted by atomic mass is 9.84. The number of amides is 1. The van der Waals surface area contributed by atoms with E-state index in [9.17, 15) is 9.59 Å². The SMILES string of the molecule is CN(C)[C@@H](C(=O)N1CCC[C@H]1c1nc2ccc(-c3ccc4cc(-c5ccc6nc([C@]7(C(=O)[C@@H](c8ccccc8)N(C)C)CCCN7)[nH]c6c5)ccc4c3)cc2[nH]1)c1ccccc1. The lowest BCUT2D eigenvalue weighted by Crippen LogP contribution is -2.50. The molecule has 312 valence electrons. The number of hydrogen-bond donors (Lipinski definition) is 3. The highest BCUT2D eigenvalue weighted by Crippen LogP contribution is 2.39. The minimum absolute atomic E-state index is 0.0960. The number of imidazole rings is 2. The monoisotopic (exact) mass is 820 g/mol. The van der Waals surface area contributed by atoms with Crippen LogP contribution in [0.5, 0.6) is 0 Å². The second-order valence-electron chi connectivity index (χ2n) is 17.5. The molecule has 6 aromatic carbocycles. The Morgan fingerprint density at radius 3 is 1.77 bits per heavy atom. The number of likely N-dealkylation sites (tertiary alicyclic amines) is 1. The Labute approximate surface area is 362 Å². The highest BCUT2D eigenvalue weighted by atomic mass is 16.2. The van der Waals surface area contributed by atoms with Crippen molar-refractivity contribution in [1.82, 2.24) is 40.0 Å². The molecule has 4 atom stereocenters. The van der Waals surface area contributed by atoms with Gasteiger partial charge in [0, 0.05) is 6.54 Å². The van der Waals surface area contributed by atoms with Gasteiger partial charge in [-0.25, -0.2) is 9.97 Å². The van der Waals surface area contributed by atoms with E-state index in [2.05, 4.69) is 88.1 Å². The molecule has 8 aromatic rings. The molecule has 10 nitrogen and oxygen atoms in total. The standard InChI is InChI=1S/C52H52N8O2/c1-58(2)46(33-13-7-5-8-14-33)48(61)52(26-12-27-53-52)51-56-42-25-23-40(32-44(42)57-51)38-21-19-35-29-37(20-18-36(35)30-38)39-22-24-41-43(31-39)55-49(54-41)45-17-11-28-60(45)50(62)47(59(3)4)34-15-9-6-10-16-34/h5-10,13-16,18-25,29-32,45-47,53H,11-12,17,26-28H2,1-4H3,(H,54,55)(H,56,57)/t45-,46+,47+,52+/m0/s1. The summed E-state index contributed by atoms with van der Waals surface area (Å²) in [5.41, 5.74) is 9.09. The fourth-order valence-electron chi connectivity index (χ4n) is 9.96. The molecule has 1 amide bonds. The number of fused-ring (bicyclic) bond motifs is 3. The van der Waals surface area contributed by atoms with Crippen LogP contribution in [0.3, 0.4) is 0 Å². The molecule has 2 aromatic heterocycles. The van der Waals surface area contributed by atoms with E-state index >= 15 is 0 Å². The van der Waals surface area contributed by atoms with Crippen molar-refractivity contribution in [2.24, 2.45) is 0 Å². The molecule has 4 heterocycles. The first-order valence-corrected chi connectivity index (χ1v) is 21.7. The molecule has 10 heteroatoms. The van der Waals surface area contributed by atoms with Gasteiger partial charge in [-0.1, -0.05) is 97.1 Å². The molecule has 3 N–H and O–H groups in total. The van der Waals surface area contributed by atoms with Gasteiger partial charge in [-0.2, -0.15) is 0 Å². The maximum atomic E-state index is 14.5. The van der Waals surface area contributed by atoms with Crippen molar-refractivity contribution in [1.29, 1.82) is 0 Å². The summed E-state index contributed by atoms with van der Waals surface area (Å²) in [5.74, 6) is 1.73. The fraction of sp³-hybridized carbons (Fsp3) is 0.269.